The molecular weight excluding hydrogens is 685 g/mol. The highest BCUT2D eigenvalue weighted by Gasteiger charge is 2.54. The lowest BCUT2D eigenvalue weighted by molar-refractivity contribution is -0.129. The van der Waals surface area contributed by atoms with E-state index in [1.54, 1.807) is 78.9 Å². The number of halogens is 2. The van der Waals surface area contributed by atoms with Gasteiger partial charge >= 0.3 is 0 Å². The van der Waals surface area contributed by atoms with Crippen LogP contribution < -0.4 is 24.3 Å². The molecule has 0 radical (unpaired) electrons. The maximum atomic E-state index is 14.9. The van der Waals surface area contributed by atoms with Gasteiger partial charge in [-0.15, -0.1) is 0 Å². The molecule has 0 aromatic heterocycles. The van der Waals surface area contributed by atoms with Crippen molar-refractivity contribution in [2.45, 2.75) is 31.0 Å². The summed E-state index contributed by atoms with van der Waals surface area (Å²) in [5, 5.41) is 16.7. The molecule has 4 aromatic carbocycles. The number of azide groups is 1. The average Bonchev–Trinajstić information content (AvgIpc) is 3.51. The second-order valence-corrected chi connectivity index (χ2v) is 12.0. The van der Waals surface area contributed by atoms with Crippen molar-refractivity contribution >= 4 is 40.7 Å². The van der Waals surface area contributed by atoms with Crippen LogP contribution in [0.2, 0.25) is 10.0 Å². The van der Waals surface area contributed by atoms with Crippen LogP contribution in [0.1, 0.15) is 34.8 Å². The highest BCUT2D eigenvalue weighted by Crippen LogP contribution is 2.46. The first-order valence-electron chi connectivity index (χ1n) is 15.5. The Kier molecular flexibility index (Phi) is 11.9. The summed E-state index contributed by atoms with van der Waals surface area (Å²) < 4.78 is 28.9. The van der Waals surface area contributed by atoms with Gasteiger partial charge in [0, 0.05) is 63.4 Å². The lowest BCUT2D eigenvalue weighted by Crippen LogP contribution is -2.49. The normalized spacial score (nSPS) is 16.4. The zero-order valence-corrected chi connectivity index (χ0v) is 29.1. The predicted octanol–water partition coefficient (Wildman–Crippen LogP) is 7.54. The molecule has 0 bridgehead atoms. The van der Waals surface area contributed by atoms with Crippen molar-refractivity contribution in [3.8, 4) is 23.0 Å². The molecule has 12 nitrogen and oxygen atoms in total. The smallest absolute Gasteiger partial charge is 0.252 e. The first-order valence-corrected chi connectivity index (χ1v) is 16.3. The maximum absolute atomic E-state index is 14.9. The number of benzene rings is 4. The van der Waals surface area contributed by atoms with Crippen LogP contribution in [-0.4, -0.2) is 57.0 Å². The monoisotopic (exact) mass is 719 g/mol. The summed E-state index contributed by atoms with van der Waals surface area (Å²) in [7, 11) is 4.55. The van der Waals surface area contributed by atoms with Crippen LogP contribution in [0.3, 0.4) is 0 Å². The number of aliphatic hydroxyl groups is 1. The summed E-state index contributed by atoms with van der Waals surface area (Å²) in [6.45, 7) is 0.352. The van der Waals surface area contributed by atoms with Crippen molar-refractivity contribution in [3.05, 3.63) is 122 Å². The summed E-state index contributed by atoms with van der Waals surface area (Å²) >= 11 is 13.1. The van der Waals surface area contributed by atoms with E-state index < -0.39 is 17.6 Å². The van der Waals surface area contributed by atoms with Crippen molar-refractivity contribution in [2.75, 3.05) is 34.5 Å². The molecule has 0 saturated heterocycles. The quantitative estimate of drug-likeness (QED) is 0.0556. The van der Waals surface area contributed by atoms with E-state index in [0.29, 0.717) is 69.0 Å². The number of hydrogen-bond donors (Lipinski definition) is 2. The summed E-state index contributed by atoms with van der Waals surface area (Å²) in [6.07, 6.45) is -0.605. The fourth-order valence-corrected chi connectivity index (χ4v) is 6.15. The van der Waals surface area contributed by atoms with Crippen LogP contribution in [0.5, 0.6) is 23.0 Å². The van der Waals surface area contributed by atoms with Gasteiger partial charge < -0.3 is 34.1 Å². The third kappa shape index (κ3) is 7.85. The van der Waals surface area contributed by atoms with E-state index in [1.807, 2.05) is 0 Å². The Labute approximate surface area is 299 Å². The number of ether oxygens (including phenoxy) is 5. The van der Waals surface area contributed by atoms with E-state index in [2.05, 4.69) is 15.3 Å². The van der Waals surface area contributed by atoms with Gasteiger partial charge in [-0.1, -0.05) is 58.6 Å². The molecule has 0 aliphatic carbocycles. The molecule has 0 spiro atoms. The van der Waals surface area contributed by atoms with Gasteiger partial charge in [-0.25, -0.2) is 4.99 Å². The minimum Gasteiger partial charge on any atom is -0.496 e. The largest absolute Gasteiger partial charge is 0.496 e. The Morgan fingerprint density at radius 2 is 1.72 bits per heavy atom. The Morgan fingerprint density at radius 3 is 2.36 bits per heavy atom. The Balaban J connectivity index is 1.64. The number of carbonyl (C=O) groups is 1. The van der Waals surface area contributed by atoms with Crippen molar-refractivity contribution in [3.63, 3.8) is 0 Å². The number of rotatable bonds is 15. The van der Waals surface area contributed by atoms with E-state index in [1.165, 1.54) is 21.3 Å². The van der Waals surface area contributed by atoms with Crippen LogP contribution in [0.15, 0.2) is 89.0 Å². The number of nitrogens with zero attached hydrogens (tertiary/aromatic N) is 4. The van der Waals surface area contributed by atoms with E-state index in [4.69, 9.17) is 57.0 Å². The number of amides is 1. The molecule has 0 unspecified atom stereocenters. The van der Waals surface area contributed by atoms with Gasteiger partial charge in [0.25, 0.3) is 5.91 Å². The molecule has 260 valence electrons. The number of aliphatic imine (C=N–C) groups is 1. The van der Waals surface area contributed by atoms with E-state index in [-0.39, 0.29) is 30.5 Å². The van der Waals surface area contributed by atoms with Crippen molar-refractivity contribution in [1.82, 2.24) is 5.32 Å². The van der Waals surface area contributed by atoms with Gasteiger partial charge in [0.05, 0.1) is 40.0 Å². The van der Waals surface area contributed by atoms with Gasteiger partial charge in [-0.05, 0) is 47.5 Å². The van der Waals surface area contributed by atoms with Crippen molar-refractivity contribution < 1.29 is 33.6 Å². The number of hydrogen-bond acceptors (Lipinski definition) is 9. The van der Waals surface area contributed by atoms with Crippen LogP contribution >= 0.6 is 23.2 Å². The summed E-state index contributed by atoms with van der Waals surface area (Å²) in [6, 6.07) is 22.3. The Hall–Kier alpha value is -5.13. The van der Waals surface area contributed by atoms with Gasteiger partial charge in [-0.2, -0.15) is 0 Å². The van der Waals surface area contributed by atoms with E-state index >= 15 is 0 Å². The zero-order chi connectivity index (χ0) is 35.7. The van der Waals surface area contributed by atoms with Crippen LogP contribution in [0.25, 0.3) is 10.4 Å². The fraction of sp³-hybridized carbons (Fsp3) is 0.278. The molecule has 1 aliphatic heterocycles. The Morgan fingerprint density at radius 1 is 1.00 bits per heavy atom. The number of methoxy groups -OCH3 is 3. The second kappa shape index (κ2) is 16.5. The average molecular weight is 721 g/mol. The molecule has 0 saturated carbocycles. The highest BCUT2D eigenvalue weighted by atomic mass is 35.5. The molecule has 2 atom stereocenters. The van der Waals surface area contributed by atoms with Crippen LogP contribution in [0, 0.1) is 0 Å². The summed E-state index contributed by atoms with van der Waals surface area (Å²) in [5.41, 5.74) is 10.1. The second-order valence-electron chi connectivity index (χ2n) is 11.1. The minimum absolute atomic E-state index is 0.0132. The SMILES string of the molecule is COc1cc(OC)c(CNC(=O)[C@]2(Cc3ccccc3N=[N+]=[N-])N=C(c3ccc(OCCCO)cc3)O[C@@H]2c2ccc(Cl)cc2Cl)c(OC)c1. The van der Waals surface area contributed by atoms with Crippen LogP contribution in [-0.2, 0) is 22.5 Å². The van der Waals surface area contributed by atoms with Gasteiger partial charge in [0.1, 0.15) is 23.0 Å². The molecule has 1 aliphatic rings. The zero-order valence-electron chi connectivity index (χ0n) is 27.6. The molecule has 5 rings (SSSR count). The number of nitrogens with one attached hydrogen (secondary N) is 1. The molecule has 1 amide bonds. The highest BCUT2D eigenvalue weighted by molar-refractivity contribution is 6.35. The Bertz CT molecular complexity index is 1890. The molecular formula is C36H35Cl2N5O7. The first kappa shape index (κ1) is 36.2. The van der Waals surface area contributed by atoms with Gasteiger partial charge in [0.15, 0.2) is 11.6 Å². The molecule has 2 N–H and O–H groups in total. The maximum Gasteiger partial charge on any atom is 0.252 e. The van der Waals surface area contributed by atoms with Gasteiger partial charge in [-0.3, -0.25) is 4.79 Å². The summed E-state index contributed by atoms with van der Waals surface area (Å²) in [5.74, 6) is 1.65. The van der Waals surface area contributed by atoms with Crippen molar-refractivity contribution in [1.29, 1.82) is 0 Å². The first-order chi connectivity index (χ1) is 24.3. The van der Waals surface area contributed by atoms with Gasteiger partial charge in [0.2, 0.25) is 5.90 Å². The topological polar surface area (TPSA) is 157 Å². The molecule has 50 heavy (non-hydrogen) atoms. The lowest BCUT2D eigenvalue weighted by Gasteiger charge is -2.32. The third-order valence-electron chi connectivity index (χ3n) is 8.12. The van der Waals surface area contributed by atoms with E-state index in [0.717, 1.165) is 0 Å². The number of aliphatic hydroxyl groups excluding tert-OH is 1. The van der Waals surface area contributed by atoms with Crippen LogP contribution in [0.4, 0.5) is 5.69 Å². The molecule has 14 heteroatoms. The standard InChI is InChI=1S/C36H35Cl2N5O7/c1-46-26-18-31(47-2)28(32(19-26)48-3)21-40-35(45)36(20-23-7-4-5-8-30(23)42-43-39)33(27-14-11-24(37)17-29(27)38)50-34(41-36)22-9-12-25(13-10-22)49-16-6-15-44/h4-5,7-14,17-19,33,44H,6,15-16,20-21H2,1-3H3,(H,40,45)/t33-,36-/m1/s1. The summed E-state index contributed by atoms with van der Waals surface area (Å²) in [4.78, 5) is 22.9. The molecule has 0 fully saturated rings. The number of carbonyl (C=O) groups excluding carboxylic acids is 1. The molecule has 1 heterocycles. The van der Waals surface area contributed by atoms with Crippen molar-refractivity contribution in [2.24, 2.45) is 10.1 Å². The predicted molar refractivity (Wildman–Crippen MR) is 190 cm³/mol. The lowest BCUT2D eigenvalue weighted by atomic mass is 9.81. The molecule has 4 aromatic rings. The minimum atomic E-state index is -1.68. The van der Waals surface area contributed by atoms with E-state index in [9.17, 15) is 10.3 Å². The third-order valence-corrected chi connectivity index (χ3v) is 8.68. The fourth-order valence-electron chi connectivity index (χ4n) is 5.64.